The zero-order chi connectivity index (χ0) is 21.6. The average molecular weight is 444 g/mol. The van der Waals surface area contributed by atoms with Gasteiger partial charge in [0.05, 0.1) is 12.8 Å². The van der Waals surface area contributed by atoms with E-state index in [0.29, 0.717) is 18.3 Å². The predicted octanol–water partition coefficient (Wildman–Crippen LogP) is 3.82. The molecule has 29 heavy (non-hydrogen) atoms. The number of hydrogen-bond acceptors (Lipinski definition) is 7. The molecule has 1 aromatic rings. The number of carbonyl (C=O) groups excluding carboxylic acids is 1. The molecule has 1 N–H and O–H groups in total. The number of aromatic nitrogens is 1. The highest BCUT2D eigenvalue weighted by Gasteiger charge is 2.53. The molecule has 1 fully saturated rings. The van der Waals surface area contributed by atoms with E-state index in [1.165, 1.54) is 4.88 Å². The van der Waals surface area contributed by atoms with Crippen LogP contribution in [0.2, 0.25) is 0 Å². The van der Waals surface area contributed by atoms with Gasteiger partial charge in [-0.15, -0.1) is 4.72 Å². The van der Waals surface area contributed by atoms with Crippen molar-refractivity contribution in [1.29, 1.82) is 0 Å². The van der Waals surface area contributed by atoms with Gasteiger partial charge in [-0.1, -0.05) is 11.3 Å². The lowest BCUT2D eigenvalue weighted by atomic mass is 9.74. The maximum Gasteiger partial charge on any atom is 0.410 e. The number of rotatable bonds is 3. The molecule has 0 aromatic carbocycles. The van der Waals surface area contributed by atoms with Crippen LogP contribution in [0.3, 0.4) is 0 Å². The second-order valence-corrected chi connectivity index (χ2v) is 13.0. The highest BCUT2D eigenvalue weighted by Crippen LogP contribution is 2.54. The van der Waals surface area contributed by atoms with Gasteiger partial charge in [-0.05, 0) is 60.8 Å². The molecule has 0 bridgehead atoms. The van der Waals surface area contributed by atoms with E-state index in [2.05, 4.69) is 9.71 Å². The standard InChI is InChI=1S/C20H33N3O4S2/c1-18(2,3)27-17(24)23-10-8-20(9-11-23)12-13-14(21-16(26-7)28-13)15(20)22-29(25)19(4,5)6/h15,22H,8-12H2,1-7H3/t15-,29-/m1/s1. The Labute approximate surface area is 180 Å². The van der Waals surface area contributed by atoms with Crippen LogP contribution in [0.25, 0.3) is 0 Å². The minimum atomic E-state index is -1.22. The monoisotopic (exact) mass is 443 g/mol. The summed E-state index contributed by atoms with van der Waals surface area (Å²) in [6, 6.07) is -0.113. The smallest absolute Gasteiger partial charge is 0.410 e. The fourth-order valence-electron chi connectivity index (χ4n) is 3.88. The Morgan fingerprint density at radius 3 is 2.41 bits per heavy atom. The number of nitrogens with one attached hydrogen (secondary N) is 1. The molecule has 164 valence electrons. The van der Waals surface area contributed by atoms with Gasteiger partial charge in [0.1, 0.15) is 16.4 Å². The topological polar surface area (TPSA) is 86.8 Å². The summed E-state index contributed by atoms with van der Waals surface area (Å²) >= 11 is 0.348. The van der Waals surface area contributed by atoms with Gasteiger partial charge >= 0.3 is 6.09 Å². The minimum absolute atomic E-state index is 0.0974. The van der Waals surface area contributed by atoms with E-state index in [1.807, 2.05) is 41.5 Å². The molecule has 3 rings (SSSR count). The van der Waals surface area contributed by atoms with Crippen LogP contribution in [0.5, 0.6) is 5.19 Å². The summed E-state index contributed by atoms with van der Waals surface area (Å²) in [7, 11) is 1.62. The second kappa shape index (κ2) is 7.90. The van der Waals surface area contributed by atoms with Crippen LogP contribution in [0.4, 0.5) is 4.79 Å². The Hall–Kier alpha value is -1.03. The first-order valence-corrected chi connectivity index (χ1v) is 12.0. The lowest BCUT2D eigenvalue weighted by Crippen LogP contribution is -2.51. The van der Waals surface area contributed by atoms with Gasteiger partial charge in [0.25, 0.3) is 5.19 Å². The summed E-state index contributed by atoms with van der Waals surface area (Å²) in [5, 5.41) is 0.643. The summed E-state index contributed by atoms with van der Waals surface area (Å²) < 4.78 is 26.8. The first-order valence-electron chi connectivity index (χ1n) is 10.0. The van der Waals surface area contributed by atoms with Gasteiger partial charge in [-0.25, -0.2) is 9.78 Å². The van der Waals surface area contributed by atoms with Crippen LogP contribution in [-0.2, 0) is 22.5 Å². The van der Waals surface area contributed by atoms with Gasteiger partial charge < -0.3 is 18.9 Å². The number of thiazole rings is 1. The zero-order valence-corrected chi connectivity index (χ0v) is 20.1. The minimum Gasteiger partial charge on any atom is -0.598 e. The van der Waals surface area contributed by atoms with Crippen molar-refractivity contribution < 1.29 is 18.8 Å². The molecule has 1 spiro atoms. The number of hydrogen-bond donors (Lipinski definition) is 1. The lowest BCUT2D eigenvalue weighted by molar-refractivity contribution is 0.00706. The largest absolute Gasteiger partial charge is 0.598 e. The fourth-order valence-corrected chi connectivity index (χ4v) is 5.88. The second-order valence-electron chi connectivity index (χ2n) is 9.93. The van der Waals surface area contributed by atoms with Gasteiger partial charge in [-0.2, -0.15) is 0 Å². The number of amides is 1. The van der Waals surface area contributed by atoms with Crippen molar-refractivity contribution in [1.82, 2.24) is 14.6 Å². The average Bonchev–Trinajstić information content (AvgIpc) is 3.10. The molecule has 0 unspecified atom stereocenters. The van der Waals surface area contributed by atoms with E-state index < -0.39 is 17.0 Å². The first kappa shape index (κ1) is 22.7. The molecule has 1 aromatic heterocycles. The molecular formula is C20H33N3O4S2. The molecule has 2 heterocycles. The van der Waals surface area contributed by atoms with E-state index in [1.54, 1.807) is 23.3 Å². The van der Waals surface area contributed by atoms with E-state index >= 15 is 0 Å². The number of nitrogens with zero attached hydrogens (tertiary/aromatic N) is 2. The van der Waals surface area contributed by atoms with Crippen LogP contribution in [0, 0.1) is 5.41 Å². The third kappa shape index (κ3) is 4.84. The number of piperidine rings is 1. The van der Waals surface area contributed by atoms with Gasteiger partial charge in [-0.3, -0.25) is 0 Å². The summed E-state index contributed by atoms with van der Waals surface area (Å²) in [4.78, 5) is 20.1. The highest BCUT2D eigenvalue weighted by molar-refractivity contribution is 7.90. The van der Waals surface area contributed by atoms with Crippen molar-refractivity contribution in [2.45, 2.75) is 77.2 Å². The molecule has 7 nitrogen and oxygen atoms in total. The Kier molecular flexibility index (Phi) is 6.17. The molecule has 1 saturated heterocycles. The lowest BCUT2D eigenvalue weighted by Gasteiger charge is -2.43. The van der Waals surface area contributed by atoms with Crippen molar-refractivity contribution in [2.24, 2.45) is 5.41 Å². The molecule has 1 aliphatic heterocycles. The quantitative estimate of drug-likeness (QED) is 0.715. The fraction of sp³-hybridized carbons (Fsp3) is 0.800. The van der Waals surface area contributed by atoms with Crippen molar-refractivity contribution in [2.75, 3.05) is 20.2 Å². The Balaban J connectivity index is 1.79. The summed E-state index contributed by atoms with van der Waals surface area (Å²) in [5.41, 5.74) is 0.354. The Morgan fingerprint density at radius 1 is 1.28 bits per heavy atom. The molecule has 2 atom stereocenters. The summed E-state index contributed by atoms with van der Waals surface area (Å²) in [6.45, 7) is 12.8. The number of fused-ring (bicyclic) bond motifs is 1. The maximum atomic E-state index is 12.9. The normalized spacial score (nSPS) is 22.5. The van der Waals surface area contributed by atoms with Crippen molar-refractivity contribution in [3.05, 3.63) is 10.6 Å². The van der Waals surface area contributed by atoms with Crippen LogP contribution >= 0.6 is 11.3 Å². The SMILES string of the molecule is COc1nc2c(s1)CC1(CCN(C(=O)OC(C)(C)C)CC1)[C@@H]2N[S@+]([O-])C(C)(C)C. The van der Waals surface area contributed by atoms with E-state index in [4.69, 9.17) is 9.47 Å². The van der Waals surface area contributed by atoms with Crippen molar-refractivity contribution >= 4 is 28.8 Å². The first-order chi connectivity index (χ1) is 13.3. The van der Waals surface area contributed by atoms with Crippen LogP contribution in [-0.4, -0.2) is 51.1 Å². The van der Waals surface area contributed by atoms with E-state index in [0.717, 1.165) is 25.0 Å². The van der Waals surface area contributed by atoms with Gasteiger partial charge in [0, 0.05) is 34.7 Å². The van der Waals surface area contributed by atoms with Crippen LogP contribution < -0.4 is 9.46 Å². The molecule has 9 heteroatoms. The zero-order valence-electron chi connectivity index (χ0n) is 18.5. The Bertz CT molecular complexity index is 746. The maximum absolute atomic E-state index is 12.9. The van der Waals surface area contributed by atoms with Crippen molar-refractivity contribution in [3.8, 4) is 5.19 Å². The number of methoxy groups -OCH3 is 1. The highest BCUT2D eigenvalue weighted by atomic mass is 32.2. The molecule has 1 amide bonds. The number of carbonyl (C=O) groups is 1. The summed E-state index contributed by atoms with van der Waals surface area (Å²) in [6.07, 6.45) is 2.24. The number of ether oxygens (including phenoxy) is 2. The molecular weight excluding hydrogens is 410 g/mol. The molecule has 2 aliphatic rings. The Morgan fingerprint density at radius 2 is 1.90 bits per heavy atom. The molecule has 1 aliphatic carbocycles. The van der Waals surface area contributed by atoms with Crippen molar-refractivity contribution in [3.63, 3.8) is 0 Å². The third-order valence-corrected chi connectivity index (χ3v) is 8.07. The van der Waals surface area contributed by atoms with Crippen LogP contribution in [0.15, 0.2) is 0 Å². The van der Waals surface area contributed by atoms with E-state index in [9.17, 15) is 9.35 Å². The molecule has 0 radical (unpaired) electrons. The van der Waals surface area contributed by atoms with Crippen LogP contribution in [0.1, 0.15) is 71.0 Å². The van der Waals surface area contributed by atoms with Gasteiger partial charge in [0.2, 0.25) is 0 Å². The predicted molar refractivity (Wildman–Crippen MR) is 116 cm³/mol. The number of likely N-dealkylation sites (tertiary alicyclic amines) is 1. The third-order valence-electron chi connectivity index (χ3n) is 5.47. The van der Waals surface area contributed by atoms with Gasteiger partial charge in [0.15, 0.2) is 0 Å². The van der Waals surface area contributed by atoms with E-state index in [-0.39, 0.29) is 22.3 Å². The summed E-state index contributed by atoms with van der Waals surface area (Å²) in [5.74, 6) is 0. The molecule has 0 saturated carbocycles.